The van der Waals surface area contributed by atoms with Crippen LogP contribution in [-0.4, -0.2) is 29.8 Å². The first-order valence-corrected chi connectivity index (χ1v) is 11.3. The zero-order valence-electron chi connectivity index (χ0n) is 17.3. The number of anilines is 1. The fourth-order valence-electron chi connectivity index (χ4n) is 3.55. The van der Waals surface area contributed by atoms with E-state index in [0.717, 1.165) is 11.1 Å². The first-order chi connectivity index (χ1) is 15.5. The highest BCUT2D eigenvalue weighted by Crippen LogP contribution is 2.37. The second kappa shape index (κ2) is 7.69. The van der Waals surface area contributed by atoms with Crippen molar-refractivity contribution in [3.05, 3.63) is 84.3 Å². The molecule has 9 heteroatoms. The van der Waals surface area contributed by atoms with E-state index in [0.29, 0.717) is 28.7 Å². The lowest BCUT2D eigenvalue weighted by Crippen LogP contribution is -2.30. The molecule has 0 unspecified atom stereocenters. The van der Waals surface area contributed by atoms with Gasteiger partial charge in [-0.3, -0.25) is 8.71 Å². The molecule has 0 spiro atoms. The number of ether oxygens (including phenoxy) is 2. The maximum absolute atomic E-state index is 13.8. The lowest BCUT2D eigenvalue weighted by atomic mass is 10.1. The van der Waals surface area contributed by atoms with Crippen LogP contribution in [0.1, 0.15) is 17.0 Å². The minimum atomic E-state index is -3.93. The number of fused-ring (bicyclic) bond motifs is 2. The number of sulfonamides is 1. The minimum absolute atomic E-state index is 0.109. The van der Waals surface area contributed by atoms with Crippen molar-refractivity contribution in [2.45, 2.75) is 18.4 Å². The molecule has 0 N–H and O–H groups in total. The number of benzene rings is 2. The normalized spacial score (nSPS) is 12.8. The monoisotopic (exact) mass is 448 g/mol. The van der Waals surface area contributed by atoms with Gasteiger partial charge in [-0.2, -0.15) is 0 Å². The van der Waals surface area contributed by atoms with Crippen molar-refractivity contribution in [2.24, 2.45) is 0 Å². The number of pyridine rings is 1. The third-order valence-corrected chi connectivity index (χ3v) is 7.08. The zero-order valence-corrected chi connectivity index (χ0v) is 18.1. The van der Waals surface area contributed by atoms with E-state index in [1.54, 1.807) is 53.9 Å². The maximum atomic E-state index is 13.8. The Bertz CT molecular complexity index is 1430. The van der Waals surface area contributed by atoms with Gasteiger partial charge in [0.25, 0.3) is 10.0 Å². The van der Waals surface area contributed by atoms with Crippen LogP contribution < -0.4 is 13.8 Å². The molecule has 32 heavy (non-hydrogen) atoms. The van der Waals surface area contributed by atoms with Crippen LogP contribution in [0.3, 0.4) is 0 Å². The van der Waals surface area contributed by atoms with Crippen molar-refractivity contribution < 1.29 is 17.9 Å². The van der Waals surface area contributed by atoms with E-state index in [1.807, 2.05) is 24.3 Å². The summed E-state index contributed by atoms with van der Waals surface area (Å²) in [7, 11) is -3.93. The molecule has 8 nitrogen and oxygen atoms in total. The van der Waals surface area contributed by atoms with E-state index in [1.165, 1.54) is 4.31 Å². The van der Waals surface area contributed by atoms with Crippen molar-refractivity contribution in [1.82, 2.24) is 14.6 Å². The van der Waals surface area contributed by atoms with E-state index in [-0.39, 0.29) is 18.2 Å². The average molecular weight is 449 g/mol. The Labute approximate surface area is 185 Å². The molecule has 5 rings (SSSR count). The summed E-state index contributed by atoms with van der Waals surface area (Å²) in [5.41, 5.74) is 2.84. The van der Waals surface area contributed by atoms with Gasteiger partial charge in [0.2, 0.25) is 6.79 Å². The Balaban J connectivity index is 1.61. The summed E-state index contributed by atoms with van der Waals surface area (Å²) in [6, 6.07) is 15.9. The molecule has 0 bridgehead atoms. The third-order valence-electron chi connectivity index (χ3n) is 5.32. The molecular formula is C23H20N4O4S. The molecular weight excluding hydrogens is 428 g/mol. The first-order valence-electron chi connectivity index (χ1n) is 9.91. The first kappa shape index (κ1) is 20.1. The average Bonchev–Trinajstić information content (AvgIpc) is 3.43. The zero-order chi connectivity index (χ0) is 22.3. The molecule has 0 aliphatic carbocycles. The van der Waals surface area contributed by atoms with Gasteiger partial charge in [-0.15, -0.1) is 10.2 Å². The van der Waals surface area contributed by atoms with E-state index in [2.05, 4.69) is 16.8 Å². The van der Waals surface area contributed by atoms with Gasteiger partial charge in [0.1, 0.15) is 10.7 Å². The van der Waals surface area contributed by atoms with Gasteiger partial charge in [0.05, 0.1) is 12.2 Å². The van der Waals surface area contributed by atoms with Gasteiger partial charge in [0, 0.05) is 12.3 Å². The van der Waals surface area contributed by atoms with Crippen LogP contribution in [0.25, 0.3) is 11.7 Å². The lowest BCUT2D eigenvalue weighted by Gasteiger charge is -2.25. The molecule has 2 aromatic heterocycles. The van der Waals surface area contributed by atoms with Crippen molar-refractivity contribution >= 4 is 27.4 Å². The Morgan fingerprint density at radius 1 is 1.06 bits per heavy atom. The predicted octanol–water partition coefficient (Wildman–Crippen LogP) is 3.80. The summed E-state index contributed by atoms with van der Waals surface area (Å²) in [5, 5.41) is 8.05. The van der Waals surface area contributed by atoms with E-state index in [9.17, 15) is 8.42 Å². The van der Waals surface area contributed by atoms with Crippen molar-refractivity contribution in [3.8, 4) is 11.5 Å². The third kappa shape index (κ3) is 3.46. The predicted molar refractivity (Wildman–Crippen MR) is 120 cm³/mol. The highest BCUT2D eigenvalue weighted by molar-refractivity contribution is 7.92. The Morgan fingerprint density at radius 2 is 1.84 bits per heavy atom. The molecule has 0 saturated carbocycles. The fraction of sp³-hybridized carbons (Fsp3) is 0.130. The molecule has 0 saturated heterocycles. The quantitative estimate of drug-likeness (QED) is 0.446. The standard InChI is InChI=1S/C23H20N4O4S/c1-3-17-4-6-18(7-5-17)13-27(19-8-10-21-22(12-19)31-15-30-21)32(28,29)20-9-11-23-25-24-16(2)26(23)14-20/h3-12,14H,1,13,15H2,2H3. The second-order valence-electron chi connectivity index (χ2n) is 7.34. The van der Waals surface area contributed by atoms with Crippen molar-refractivity contribution in [2.75, 3.05) is 11.1 Å². The minimum Gasteiger partial charge on any atom is -0.454 e. The molecule has 3 heterocycles. The largest absolute Gasteiger partial charge is 0.454 e. The molecule has 0 amide bonds. The topological polar surface area (TPSA) is 86.0 Å². The van der Waals surface area contributed by atoms with Gasteiger partial charge in [-0.25, -0.2) is 8.42 Å². The van der Waals surface area contributed by atoms with Crippen LogP contribution in [0, 0.1) is 6.92 Å². The summed E-state index contributed by atoms with van der Waals surface area (Å²) >= 11 is 0. The van der Waals surface area contributed by atoms with E-state index in [4.69, 9.17) is 9.47 Å². The van der Waals surface area contributed by atoms with Crippen LogP contribution in [0.15, 0.2) is 72.3 Å². The molecule has 0 fully saturated rings. The molecule has 0 atom stereocenters. The number of hydrogen-bond acceptors (Lipinski definition) is 6. The summed E-state index contributed by atoms with van der Waals surface area (Å²) in [6.45, 7) is 5.78. The van der Waals surface area contributed by atoms with Crippen molar-refractivity contribution in [1.29, 1.82) is 0 Å². The van der Waals surface area contributed by atoms with Gasteiger partial charge in [-0.05, 0) is 42.3 Å². The molecule has 162 valence electrons. The Kier molecular flexibility index (Phi) is 4.82. The van der Waals surface area contributed by atoms with Gasteiger partial charge < -0.3 is 9.47 Å². The van der Waals surface area contributed by atoms with Crippen LogP contribution in [0.4, 0.5) is 5.69 Å². The van der Waals surface area contributed by atoms with Crippen LogP contribution >= 0.6 is 0 Å². The van der Waals surface area contributed by atoms with Crippen LogP contribution in [-0.2, 0) is 16.6 Å². The lowest BCUT2D eigenvalue weighted by molar-refractivity contribution is 0.174. The smallest absolute Gasteiger partial charge is 0.266 e. The Morgan fingerprint density at radius 3 is 2.62 bits per heavy atom. The number of aromatic nitrogens is 3. The number of aryl methyl sites for hydroxylation is 1. The summed E-state index contributed by atoms with van der Waals surface area (Å²) < 4.78 is 41.5. The number of nitrogens with zero attached hydrogens (tertiary/aromatic N) is 4. The van der Waals surface area contributed by atoms with Crippen LogP contribution in [0.5, 0.6) is 11.5 Å². The second-order valence-corrected chi connectivity index (χ2v) is 9.20. The Hall–Kier alpha value is -3.85. The van der Waals surface area contributed by atoms with Crippen molar-refractivity contribution in [3.63, 3.8) is 0 Å². The molecule has 0 radical (unpaired) electrons. The number of rotatable bonds is 6. The van der Waals surface area contributed by atoms with Gasteiger partial charge >= 0.3 is 0 Å². The SMILES string of the molecule is C=Cc1ccc(CN(c2ccc3c(c2)OCO3)S(=O)(=O)c2ccc3nnc(C)n3c2)cc1. The highest BCUT2D eigenvalue weighted by atomic mass is 32.2. The molecule has 1 aliphatic heterocycles. The number of hydrogen-bond donors (Lipinski definition) is 0. The van der Waals surface area contributed by atoms with Gasteiger partial charge in [0.15, 0.2) is 17.1 Å². The van der Waals surface area contributed by atoms with Gasteiger partial charge in [-0.1, -0.05) is 36.9 Å². The van der Waals surface area contributed by atoms with E-state index < -0.39 is 10.0 Å². The maximum Gasteiger partial charge on any atom is 0.266 e. The molecule has 2 aromatic carbocycles. The fourth-order valence-corrected chi connectivity index (χ4v) is 4.99. The van der Waals surface area contributed by atoms with E-state index >= 15 is 0 Å². The van der Waals surface area contributed by atoms with Crippen LogP contribution in [0.2, 0.25) is 0 Å². The molecule has 4 aromatic rings. The summed E-state index contributed by atoms with van der Waals surface area (Å²) in [4.78, 5) is 0.133. The molecule has 1 aliphatic rings. The summed E-state index contributed by atoms with van der Waals surface area (Å²) in [5.74, 6) is 1.70. The highest BCUT2D eigenvalue weighted by Gasteiger charge is 2.28. The summed E-state index contributed by atoms with van der Waals surface area (Å²) in [6.07, 6.45) is 3.29.